The lowest BCUT2D eigenvalue weighted by atomic mass is 9.99. The second-order valence-electron chi connectivity index (χ2n) is 8.49. The van der Waals surface area contributed by atoms with E-state index < -0.39 is 47.9 Å². The van der Waals surface area contributed by atoms with Gasteiger partial charge in [-0.05, 0) is 55.1 Å². The molecule has 4 unspecified atom stereocenters. The van der Waals surface area contributed by atoms with Crippen molar-refractivity contribution in [2.24, 2.45) is 17.6 Å². The van der Waals surface area contributed by atoms with Gasteiger partial charge in [0.2, 0.25) is 17.7 Å². The zero-order chi connectivity index (χ0) is 24.8. The summed E-state index contributed by atoms with van der Waals surface area (Å²) in [5.74, 6) is -1.45. The quantitative estimate of drug-likeness (QED) is 0.215. The summed E-state index contributed by atoms with van der Waals surface area (Å²) in [5.41, 5.74) is 5.92. The Labute approximate surface area is 200 Å². The number of nitrogens with two attached hydrogens (primary N) is 1. The number of carbonyl (C=O) groups is 4. The average molecular weight is 493 g/mol. The largest absolute Gasteiger partial charge is 0.480 e. The van der Waals surface area contributed by atoms with Crippen LogP contribution in [-0.2, 0) is 19.2 Å². The number of rotatable bonds is 16. The van der Waals surface area contributed by atoms with Crippen LogP contribution in [-0.4, -0.2) is 77.0 Å². The van der Waals surface area contributed by atoms with Crippen LogP contribution in [0.2, 0.25) is 0 Å². The molecule has 0 fully saturated rings. The van der Waals surface area contributed by atoms with Gasteiger partial charge < -0.3 is 26.8 Å². The monoisotopic (exact) mass is 492 g/mol. The molecule has 0 rings (SSSR count). The minimum absolute atomic E-state index is 0.114. The van der Waals surface area contributed by atoms with Crippen LogP contribution < -0.4 is 21.7 Å². The molecule has 0 aliphatic rings. The van der Waals surface area contributed by atoms with Crippen LogP contribution in [0, 0.1) is 11.8 Å². The maximum absolute atomic E-state index is 13.0. The average Bonchev–Trinajstić information content (AvgIpc) is 2.71. The second-order valence-corrected chi connectivity index (χ2v) is 10.5. The van der Waals surface area contributed by atoms with Crippen LogP contribution >= 0.6 is 23.5 Å². The Morgan fingerprint density at radius 1 is 0.812 bits per heavy atom. The van der Waals surface area contributed by atoms with E-state index in [2.05, 4.69) is 16.0 Å². The maximum atomic E-state index is 13.0. The van der Waals surface area contributed by atoms with Crippen molar-refractivity contribution in [2.45, 2.75) is 71.1 Å². The topological polar surface area (TPSA) is 151 Å². The second kappa shape index (κ2) is 16.2. The third kappa shape index (κ3) is 12.0. The van der Waals surface area contributed by atoms with E-state index in [0.717, 1.165) is 5.75 Å². The Balaban J connectivity index is 5.33. The van der Waals surface area contributed by atoms with E-state index in [0.29, 0.717) is 18.6 Å². The van der Waals surface area contributed by atoms with E-state index in [4.69, 9.17) is 5.73 Å². The maximum Gasteiger partial charge on any atom is 0.326 e. The number of aliphatic carboxylic acids is 1. The van der Waals surface area contributed by atoms with Crippen LogP contribution in [0.25, 0.3) is 0 Å². The summed E-state index contributed by atoms with van der Waals surface area (Å²) in [7, 11) is 0. The predicted molar refractivity (Wildman–Crippen MR) is 132 cm³/mol. The number of amides is 3. The number of hydrogen-bond acceptors (Lipinski definition) is 7. The van der Waals surface area contributed by atoms with Gasteiger partial charge in [0.25, 0.3) is 0 Å². The normalized spacial score (nSPS) is 15.0. The Morgan fingerprint density at radius 3 is 1.81 bits per heavy atom. The summed E-state index contributed by atoms with van der Waals surface area (Å²) in [6.45, 7) is 7.37. The van der Waals surface area contributed by atoms with Crippen LogP contribution in [0.15, 0.2) is 0 Å². The van der Waals surface area contributed by atoms with E-state index in [9.17, 15) is 24.3 Å². The highest BCUT2D eigenvalue weighted by molar-refractivity contribution is 7.98. The fourth-order valence-corrected chi connectivity index (χ4v) is 3.86. The van der Waals surface area contributed by atoms with Crippen molar-refractivity contribution in [1.29, 1.82) is 0 Å². The molecule has 0 aromatic carbocycles. The van der Waals surface area contributed by atoms with Gasteiger partial charge in [0.15, 0.2) is 0 Å². The SMILES string of the molecule is CSCCC(N)C(=O)NC(CC(C)C)C(=O)NC(C(=O)NC(CCSC)C(=O)O)C(C)C. The molecule has 32 heavy (non-hydrogen) atoms. The number of carboxylic acids is 1. The van der Waals surface area contributed by atoms with Crippen molar-refractivity contribution in [3.05, 3.63) is 0 Å². The Kier molecular flexibility index (Phi) is 15.5. The Morgan fingerprint density at radius 2 is 1.34 bits per heavy atom. The molecule has 0 aromatic rings. The Bertz CT molecular complexity index is 619. The summed E-state index contributed by atoms with van der Waals surface area (Å²) in [5, 5.41) is 17.3. The molecule has 4 atom stereocenters. The van der Waals surface area contributed by atoms with E-state index in [-0.39, 0.29) is 18.3 Å². The summed E-state index contributed by atoms with van der Waals surface area (Å²) in [4.78, 5) is 49.7. The highest BCUT2D eigenvalue weighted by atomic mass is 32.2. The first kappa shape index (κ1) is 30.5. The number of hydrogen-bond donors (Lipinski definition) is 5. The smallest absolute Gasteiger partial charge is 0.326 e. The molecule has 0 aromatic heterocycles. The standard InChI is InChI=1S/C21H40N4O5S2/c1-12(2)11-16(24-18(26)14(22)7-9-31-5)19(27)25-17(13(3)4)20(28)23-15(21(29)30)8-10-32-6/h12-17H,7-11,22H2,1-6H3,(H,23,28)(H,24,26)(H,25,27)(H,29,30). The molecule has 186 valence electrons. The minimum atomic E-state index is -1.12. The number of carbonyl (C=O) groups excluding carboxylic acids is 3. The fraction of sp³-hybridized carbons (Fsp3) is 0.810. The van der Waals surface area contributed by atoms with Crippen molar-refractivity contribution in [3.8, 4) is 0 Å². The molecular weight excluding hydrogens is 452 g/mol. The number of nitrogens with one attached hydrogen (secondary N) is 3. The van der Waals surface area contributed by atoms with Crippen LogP contribution in [0.4, 0.5) is 0 Å². The first-order chi connectivity index (χ1) is 14.9. The van der Waals surface area contributed by atoms with Gasteiger partial charge in [0.05, 0.1) is 6.04 Å². The molecule has 0 spiro atoms. The van der Waals surface area contributed by atoms with E-state index >= 15 is 0 Å². The van der Waals surface area contributed by atoms with E-state index in [1.54, 1.807) is 25.6 Å². The predicted octanol–water partition coefficient (Wildman–Crippen LogP) is 1.06. The molecule has 0 aliphatic carbocycles. The van der Waals surface area contributed by atoms with Crippen molar-refractivity contribution in [3.63, 3.8) is 0 Å². The lowest BCUT2D eigenvalue weighted by Crippen LogP contribution is -2.58. The molecule has 6 N–H and O–H groups in total. The van der Waals surface area contributed by atoms with Gasteiger partial charge in [0.1, 0.15) is 18.1 Å². The number of thioether (sulfide) groups is 2. The molecule has 11 heteroatoms. The molecule has 0 aliphatic heterocycles. The van der Waals surface area contributed by atoms with Gasteiger partial charge in [0, 0.05) is 0 Å². The van der Waals surface area contributed by atoms with Crippen LogP contribution in [0.5, 0.6) is 0 Å². The third-order valence-electron chi connectivity index (χ3n) is 4.78. The van der Waals surface area contributed by atoms with Gasteiger partial charge in [-0.2, -0.15) is 23.5 Å². The van der Waals surface area contributed by atoms with E-state index in [1.165, 1.54) is 11.8 Å². The van der Waals surface area contributed by atoms with Crippen molar-refractivity contribution in [1.82, 2.24) is 16.0 Å². The first-order valence-corrected chi connectivity index (χ1v) is 13.6. The highest BCUT2D eigenvalue weighted by Gasteiger charge is 2.32. The van der Waals surface area contributed by atoms with Crippen molar-refractivity contribution in [2.75, 3.05) is 24.0 Å². The summed E-state index contributed by atoms with van der Waals surface area (Å²) in [6.07, 6.45) is 4.93. The van der Waals surface area contributed by atoms with Crippen molar-refractivity contribution >= 4 is 47.2 Å². The fourth-order valence-electron chi connectivity index (χ4n) is 2.90. The molecule has 9 nitrogen and oxygen atoms in total. The molecule has 3 amide bonds. The molecule has 0 saturated heterocycles. The van der Waals surface area contributed by atoms with Gasteiger partial charge in [-0.25, -0.2) is 4.79 Å². The van der Waals surface area contributed by atoms with Gasteiger partial charge in [-0.1, -0.05) is 27.7 Å². The number of carboxylic acid groups (broad SMARTS) is 1. The highest BCUT2D eigenvalue weighted by Crippen LogP contribution is 2.10. The lowest BCUT2D eigenvalue weighted by molar-refractivity contribution is -0.142. The third-order valence-corrected chi connectivity index (χ3v) is 6.07. The van der Waals surface area contributed by atoms with Gasteiger partial charge >= 0.3 is 5.97 Å². The summed E-state index contributed by atoms with van der Waals surface area (Å²) >= 11 is 3.07. The molecule has 0 saturated carbocycles. The zero-order valence-electron chi connectivity index (χ0n) is 20.0. The summed E-state index contributed by atoms with van der Waals surface area (Å²) in [6, 6.07) is -3.53. The van der Waals surface area contributed by atoms with Crippen LogP contribution in [0.1, 0.15) is 47.0 Å². The molecule has 0 bridgehead atoms. The molecule has 0 radical (unpaired) electrons. The van der Waals surface area contributed by atoms with Crippen molar-refractivity contribution < 1.29 is 24.3 Å². The van der Waals surface area contributed by atoms with Gasteiger partial charge in [-0.15, -0.1) is 0 Å². The Hall–Kier alpha value is -1.46. The minimum Gasteiger partial charge on any atom is -0.480 e. The molecule has 0 heterocycles. The lowest BCUT2D eigenvalue weighted by Gasteiger charge is -2.27. The first-order valence-electron chi connectivity index (χ1n) is 10.8. The van der Waals surface area contributed by atoms with Gasteiger partial charge in [-0.3, -0.25) is 14.4 Å². The van der Waals surface area contributed by atoms with E-state index in [1.807, 2.05) is 26.4 Å². The van der Waals surface area contributed by atoms with Crippen LogP contribution in [0.3, 0.4) is 0 Å². The summed E-state index contributed by atoms with van der Waals surface area (Å²) < 4.78 is 0. The zero-order valence-corrected chi connectivity index (χ0v) is 21.6. The molecular formula is C21H40N4O5S2.